The van der Waals surface area contributed by atoms with Crippen LogP contribution >= 0.6 is 11.8 Å². The van der Waals surface area contributed by atoms with Gasteiger partial charge in [-0.3, -0.25) is 0 Å². The van der Waals surface area contributed by atoms with E-state index in [4.69, 9.17) is 0 Å². The van der Waals surface area contributed by atoms with E-state index < -0.39 is 0 Å². The Morgan fingerprint density at radius 2 is 2.11 bits per heavy atom. The molecular weight excluding hydrogens is 252 g/mol. The third-order valence-corrected chi connectivity index (χ3v) is 4.68. The molecule has 1 N–H and O–H groups in total. The second kappa shape index (κ2) is 7.93. The van der Waals surface area contributed by atoms with E-state index in [2.05, 4.69) is 60.1 Å². The van der Waals surface area contributed by atoms with Crippen molar-refractivity contribution in [2.45, 2.75) is 26.3 Å². The Balaban J connectivity index is 1.91. The molecule has 1 aromatic rings. The van der Waals surface area contributed by atoms with Crippen molar-refractivity contribution in [1.29, 1.82) is 0 Å². The van der Waals surface area contributed by atoms with Crippen LogP contribution in [0, 0.1) is 6.92 Å². The van der Waals surface area contributed by atoms with Gasteiger partial charge in [0.2, 0.25) is 0 Å². The number of hydrogen-bond donors (Lipinski definition) is 1. The van der Waals surface area contributed by atoms with Crippen LogP contribution in [0.5, 0.6) is 0 Å². The fourth-order valence-electron chi connectivity index (χ4n) is 2.66. The Morgan fingerprint density at radius 3 is 2.79 bits per heavy atom. The van der Waals surface area contributed by atoms with E-state index in [9.17, 15) is 0 Å². The van der Waals surface area contributed by atoms with Crippen LogP contribution in [0.4, 0.5) is 0 Å². The van der Waals surface area contributed by atoms with Crippen LogP contribution in [-0.4, -0.2) is 42.6 Å². The zero-order chi connectivity index (χ0) is 13.5. The van der Waals surface area contributed by atoms with Crippen LogP contribution in [-0.2, 0) is 0 Å². The summed E-state index contributed by atoms with van der Waals surface area (Å²) in [5.74, 6) is 2.60. The van der Waals surface area contributed by atoms with Crippen molar-refractivity contribution in [2.75, 3.05) is 37.7 Å². The standard InChI is InChI=1S/C16H26N2S/c1-3-17-16(15-6-4-5-14(2)13-15)7-8-18-9-11-19-12-10-18/h4-6,13,16-17H,3,7-12H2,1-2H3. The Labute approximate surface area is 122 Å². The average Bonchev–Trinajstić information content (AvgIpc) is 2.44. The summed E-state index contributed by atoms with van der Waals surface area (Å²) in [5.41, 5.74) is 2.79. The van der Waals surface area contributed by atoms with Gasteiger partial charge in [-0.25, -0.2) is 0 Å². The van der Waals surface area contributed by atoms with E-state index in [0.717, 1.165) is 6.54 Å². The molecule has 106 valence electrons. The Bertz CT molecular complexity index is 375. The predicted octanol–water partition coefficient (Wildman–Crippen LogP) is 3.08. The fraction of sp³-hybridized carbons (Fsp3) is 0.625. The van der Waals surface area contributed by atoms with Gasteiger partial charge in [-0.1, -0.05) is 36.8 Å². The van der Waals surface area contributed by atoms with Gasteiger partial charge >= 0.3 is 0 Å². The Hall–Kier alpha value is -0.510. The molecule has 0 aliphatic carbocycles. The van der Waals surface area contributed by atoms with E-state index in [-0.39, 0.29) is 0 Å². The number of nitrogens with zero attached hydrogens (tertiary/aromatic N) is 1. The van der Waals surface area contributed by atoms with Crippen molar-refractivity contribution < 1.29 is 0 Å². The van der Waals surface area contributed by atoms with Crippen LogP contribution in [0.2, 0.25) is 0 Å². The van der Waals surface area contributed by atoms with Crippen LogP contribution in [0.15, 0.2) is 24.3 Å². The Morgan fingerprint density at radius 1 is 1.32 bits per heavy atom. The maximum atomic E-state index is 3.63. The molecule has 1 aliphatic heterocycles. The van der Waals surface area contributed by atoms with Gasteiger partial charge in [0.1, 0.15) is 0 Å². The smallest absolute Gasteiger partial charge is 0.0332 e. The molecule has 3 heteroatoms. The minimum absolute atomic E-state index is 0.500. The first-order chi connectivity index (χ1) is 9.29. The first kappa shape index (κ1) is 14.9. The molecule has 1 aromatic carbocycles. The molecule has 1 aliphatic rings. The molecule has 19 heavy (non-hydrogen) atoms. The largest absolute Gasteiger partial charge is 0.310 e. The quantitative estimate of drug-likeness (QED) is 0.861. The summed E-state index contributed by atoms with van der Waals surface area (Å²) in [6, 6.07) is 9.42. The molecule has 1 saturated heterocycles. The van der Waals surface area contributed by atoms with Crippen molar-refractivity contribution >= 4 is 11.8 Å². The summed E-state index contributed by atoms with van der Waals surface area (Å²) in [7, 11) is 0. The molecule has 0 amide bonds. The van der Waals surface area contributed by atoms with Gasteiger partial charge in [0.25, 0.3) is 0 Å². The minimum Gasteiger partial charge on any atom is -0.310 e. The topological polar surface area (TPSA) is 15.3 Å². The molecule has 2 rings (SSSR count). The maximum Gasteiger partial charge on any atom is 0.0332 e. The molecule has 1 atom stereocenters. The van der Waals surface area contributed by atoms with E-state index in [1.54, 1.807) is 0 Å². The zero-order valence-electron chi connectivity index (χ0n) is 12.2. The number of thioether (sulfide) groups is 1. The first-order valence-electron chi connectivity index (χ1n) is 7.39. The van der Waals surface area contributed by atoms with Crippen molar-refractivity contribution in [3.8, 4) is 0 Å². The first-order valence-corrected chi connectivity index (χ1v) is 8.55. The maximum absolute atomic E-state index is 3.63. The molecule has 0 bridgehead atoms. The highest BCUT2D eigenvalue weighted by molar-refractivity contribution is 7.99. The highest BCUT2D eigenvalue weighted by Crippen LogP contribution is 2.19. The van der Waals surface area contributed by atoms with Crippen molar-refractivity contribution in [2.24, 2.45) is 0 Å². The molecule has 1 heterocycles. The highest BCUT2D eigenvalue weighted by atomic mass is 32.2. The molecule has 1 unspecified atom stereocenters. The van der Waals surface area contributed by atoms with Gasteiger partial charge in [-0.05, 0) is 25.5 Å². The third-order valence-electron chi connectivity index (χ3n) is 3.73. The van der Waals surface area contributed by atoms with Crippen LogP contribution in [0.25, 0.3) is 0 Å². The van der Waals surface area contributed by atoms with Crippen LogP contribution < -0.4 is 5.32 Å². The van der Waals surface area contributed by atoms with E-state index in [1.165, 1.54) is 48.7 Å². The van der Waals surface area contributed by atoms with E-state index in [0.29, 0.717) is 6.04 Å². The summed E-state index contributed by atoms with van der Waals surface area (Å²) in [5, 5.41) is 3.63. The van der Waals surface area contributed by atoms with Crippen LogP contribution in [0.1, 0.15) is 30.5 Å². The van der Waals surface area contributed by atoms with Crippen molar-refractivity contribution in [1.82, 2.24) is 10.2 Å². The normalized spacial score (nSPS) is 18.4. The van der Waals surface area contributed by atoms with Crippen LogP contribution in [0.3, 0.4) is 0 Å². The summed E-state index contributed by atoms with van der Waals surface area (Å²) >= 11 is 2.08. The van der Waals surface area contributed by atoms with Crippen molar-refractivity contribution in [3.05, 3.63) is 35.4 Å². The molecule has 1 fully saturated rings. The average molecular weight is 278 g/mol. The lowest BCUT2D eigenvalue weighted by atomic mass is 10.0. The summed E-state index contributed by atoms with van der Waals surface area (Å²) in [4.78, 5) is 2.61. The summed E-state index contributed by atoms with van der Waals surface area (Å²) in [6.07, 6.45) is 1.21. The van der Waals surface area contributed by atoms with Gasteiger partial charge in [0.05, 0.1) is 0 Å². The number of nitrogens with one attached hydrogen (secondary N) is 1. The number of benzene rings is 1. The molecule has 0 radical (unpaired) electrons. The SMILES string of the molecule is CCNC(CCN1CCSCC1)c1cccc(C)c1. The lowest BCUT2D eigenvalue weighted by Gasteiger charge is -2.28. The number of rotatable bonds is 6. The molecule has 0 saturated carbocycles. The lowest BCUT2D eigenvalue weighted by molar-refractivity contribution is 0.281. The predicted molar refractivity (Wildman–Crippen MR) is 86.0 cm³/mol. The number of hydrogen-bond acceptors (Lipinski definition) is 3. The van der Waals surface area contributed by atoms with Gasteiger partial charge in [0.15, 0.2) is 0 Å². The van der Waals surface area contributed by atoms with Gasteiger partial charge in [-0.15, -0.1) is 0 Å². The van der Waals surface area contributed by atoms with Gasteiger partial charge in [0, 0.05) is 37.2 Å². The summed E-state index contributed by atoms with van der Waals surface area (Å²) < 4.78 is 0. The third kappa shape index (κ3) is 4.83. The minimum atomic E-state index is 0.500. The van der Waals surface area contributed by atoms with Gasteiger partial charge < -0.3 is 10.2 Å². The van der Waals surface area contributed by atoms with Gasteiger partial charge in [-0.2, -0.15) is 11.8 Å². The second-order valence-electron chi connectivity index (χ2n) is 5.27. The molecule has 2 nitrogen and oxygen atoms in total. The molecular formula is C16H26N2S. The van der Waals surface area contributed by atoms with E-state index >= 15 is 0 Å². The zero-order valence-corrected chi connectivity index (χ0v) is 13.0. The summed E-state index contributed by atoms with van der Waals surface area (Å²) in [6.45, 7) is 9.14. The molecule has 0 spiro atoms. The van der Waals surface area contributed by atoms with E-state index in [1.807, 2.05) is 0 Å². The van der Waals surface area contributed by atoms with Crippen molar-refractivity contribution in [3.63, 3.8) is 0 Å². The highest BCUT2D eigenvalue weighted by Gasteiger charge is 2.14. The lowest BCUT2D eigenvalue weighted by Crippen LogP contribution is -2.35. The number of aryl methyl sites for hydroxylation is 1. The fourth-order valence-corrected chi connectivity index (χ4v) is 3.64. The Kier molecular flexibility index (Phi) is 6.21. The second-order valence-corrected chi connectivity index (χ2v) is 6.49. The molecule has 0 aromatic heterocycles. The monoisotopic (exact) mass is 278 g/mol.